The van der Waals surface area contributed by atoms with Crippen molar-refractivity contribution in [2.24, 2.45) is 5.10 Å². The van der Waals surface area contributed by atoms with Gasteiger partial charge < -0.3 is 5.11 Å². The molecular weight excluding hydrogens is 402 g/mol. The maximum atomic E-state index is 11.8. The Labute approximate surface area is 150 Å². The second-order valence-electron chi connectivity index (χ2n) is 4.72. The standard InChI is InChI=1S/C15H11BrClN3O4/c16-11-6-10(15(22)13(7-11)20(23)24)8-18-19-14(21)5-9-1-3-12(17)4-2-9/h1-4,6-8,22H,5H2,(H,19,21)/b18-8-. The third-order valence-corrected chi connectivity index (χ3v) is 3.66. The number of hydrazone groups is 1. The lowest BCUT2D eigenvalue weighted by atomic mass is 10.1. The molecule has 24 heavy (non-hydrogen) atoms. The molecule has 9 heteroatoms. The number of aromatic hydroxyl groups is 1. The number of carbonyl (C=O) groups is 1. The molecule has 0 spiro atoms. The van der Waals surface area contributed by atoms with E-state index in [-0.39, 0.29) is 17.9 Å². The van der Waals surface area contributed by atoms with Crippen LogP contribution in [0, 0.1) is 10.1 Å². The van der Waals surface area contributed by atoms with Crippen molar-refractivity contribution in [3.8, 4) is 5.75 Å². The highest BCUT2D eigenvalue weighted by Crippen LogP contribution is 2.32. The van der Waals surface area contributed by atoms with Gasteiger partial charge in [0.15, 0.2) is 0 Å². The minimum Gasteiger partial charge on any atom is -0.502 e. The van der Waals surface area contributed by atoms with Gasteiger partial charge in [-0.3, -0.25) is 14.9 Å². The maximum absolute atomic E-state index is 11.8. The van der Waals surface area contributed by atoms with Gasteiger partial charge in [-0.2, -0.15) is 5.10 Å². The summed E-state index contributed by atoms with van der Waals surface area (Å²) in [4.78, 5) is 21.9. The predicted octanol–water partition coefficient (Wildman–Crippen LogP) is 3.41. The minimum atomic E-state index is -0.712. The molecule has 1 amide bonds. The Morgan fingerprint density at radius 1 is 1.38 bits per heavy atom. The van der Waals surface area contributed by atoms with E-state index in [0.717, 1.165) is 11.8 Å². The van der Waals surface area contributed by atoms with Crippen LogP contribution in [0.25, 0.3) is 0 Å². The van der Waals surface area contributed by atoms with Crippen LogP contribution >= 0.6 is 27.5 Å². The third-order valence-electron chi connectivity index (χ3n) is 2.95. The number of hydrogen-bond acceptors (Lipinski definition) is 5. The zero-order valence-electron chi connectivity index (χ0n) is 12.1. The van der Waals surface area contributed by atoms with Crippen LogP contribution in [0.3, 0.4) is 0 Å². The number of nitro benzene ring substituents is 1. The molecule has 0 radical (unpaired) electrons. The van der Waals surface area contributed by atoms with Crippen molar-refractivity contribution in [1.82, 2.24) is 5.43 Å². The molecule has 0 unspecified atom stereocenters. The first-order valence-corrected chi connectivity index (χ1v) is 7.77. The summed E-state index contributed by atoms with van der Waals surface area (Å²) in [6, 6.07) is 9.39. The van der Waals surface area contributed by atoms with Gasteiger partial charge in [-0.05, 0) is 23.8 Å². The smallest absolute Gasteiger partial charge is 0.312 e. The Bertz CT molecular complexity index is 809. The number of halogens is 2. The van der Waals surface area contributed by atoms with E-state index in [1.807, 2.05) is 0 Å². The van der Waals surface area contributed by atoms with Crippen LogP contribution < -0.4 is 5.43 Å². The van der Waals surface area contributed by atoms with Crippen LogP contribution in [0.2, 0.25) is 5.02 Å². The lowest BCUT2D eigenvalue weighted by Crippen LogP contribution is -2.19. The molecule has 0 aliphatic heterocycles. The number of phenols is 1. The first-order chi connectivity index (χ1) is 11.4. The average molecular weight is 413 g/mol. The fraction of sp³-hybridized carbons (Fsp3) is 0.0667. The molecule has 2 rings (SSSR count). The van der Waals surface area contributed by atoms with Crippen molar-refractivity contribution < 1.29 is 14.8 Å². The van der Waals surface area contributed by atoms with Gasteiger partial charge in [0, 0.05) is 21.1 Å². The summed E-state index contributed by atoms with van der Waals surface area (Å²) in [5, 5.41) is 24.9. The van der Waals surface area contributed by atoms with Crippen LogP contribution in [-0.4, -0.2) is 22.2 Å². The number of amides is 1. The van der Waals surface area contributed by atoms with E-state index >= 15 is 0 Å². The van der Waals surface area contributed by atoms with Crippen molar-refractivity contribution in [3.63, 3.8) is 0 Å². The van der Waals surface area contributed by atoms with Gasteiger partial charge in [-0.1, -0.05) is 39.7 Å². The van der Waals surface area contributed by atoms with Crippen LogP contribution in [0.4, 0.5) is 5.69 Å². The molecule has 0 aliphatic rings. The third kappa shape index (κ3) is 4.77. The van der Waals surface area contributed by atoms with E-state index in [1.165, 1.54) is 12.1 Å². The second-order valence-corrected chi connectivity index (χ2v) is 6.07. The van der Waals surface area contributed by atoms with E-state index in [4.69, 9.17) is 11.6 Å². The van der Waals surface area contributed by atoms with Gasteiger partial charge in [0.05, 0.1) is 17.6 Å². The predicted molar refractivity (Wildman–Crippen MR) is 93.4 cm³/mol. The van der Waals surface area contributed by atoms with Gasteiger partial charge in [0.25, 0.3) is 0 Å². The lowest BCUT2D eigenvalue weighted by Gasteiger charge is -2.03. The Kier molecular flexibility index (Phi) is 5.88. The molecule has 0 bridgehead atoms. The molecule has 0 aromatic heterocycles. The highest BCUT2D eigenvalue weighted by atomic mass is 79.9. The van der Waals surface area contributed by atoms with Gasteiger partial charge in [-0.25, -0.2) is 5.43 Å². The monoisotopic (exact) mass is 411 g/mol. The fourth-order valence-corrected chi connectivity index (χ4v) is 2.43. The molecule has 0 saturated carbocycles. The number of benzene rings is 2. The van der Waals surface area contributed by atoms with E-state index < -0.39 is 16.4 Å². The van der Waals surface area contributed by atoms with Crippen LogP contribution in [-0.2, 0) is 11.2 Å². The molecule has 2 N–H and O–H groups in total. The van der Waals surface area contributed by atoms with Crippen molar-refractivity contribution in [1.29, 1.82) is 0 Å². The summed E-state index contributed by atoms with van der Waals surface area (Å²) in [6.07, 6.45) is 1.23. The molecule has 7 nitrogen and oxygen atoms in total. The number of phenolic OH excluding ortho intramolecular Hbond substituents is 1. The molecule has 0 fully saturated rings. The molecule has 2 aromatic carbocycles. The number of nitro groups is 1. The number of carbonyl (C=O) groups excluding carboxylic acids is 1. The number of nitrogens with zero attached hydrogens (tertiary/aromatic N) is 2. The zero-order chi connectivity index (χ0) is 17.7. The highest BCUT2D eigenvalue weighted by Gasteiger charge is 2.17. The fourth-order valence-electron chi connectivity index (χ4n) is 1.84. The zero-order valence-corrected chi connectivity index (χ0v) is 14.4. The minimum absolute atomic E-state index is 0.0964. The molecule has 0 heterocycles. The largest absolute Gasteiger partial charge is 0.502 e. The Morgan fingerprint density at radius 3 is 2.67 bits per heavy atom. The Hall–Kier alpha value is -2.45. The Morgan fingerprint density at radius 2 is 2.04 bits per heavy atom. The number of hydrogen-bond donors (Lipinski definition) is 2. The molecule has 124 valence electrons. The van der Waals surface area contributed by atoms with Crippen molar-refractivity contribution in [2.75, 3.05) is 0 Å². The SMILES string of the molecule is O=C(Cc1ccc(Cl)cc1)N/N=C\c1cc(Br)cc([N+](=O)[O-])c1O. The molecule has 0 aliphatic carbocycles. The van der Waals surface area contributed by atoms with Gasteiger partial charge in [-0.15, -0.1) is 0 Å². The quantitative estimate of drug-likeness (QED) is 0.446. The van der Waals surface area contributed by atoms with Gasteiger partial charge >= 0.3 is 5.69 Å². The van der Waals surface area contributed by atoms with E-state index in [9.17, 15) is 20.0 Å². The first kappa shape index (κ1) is 17.9. The molecule has 0 saturated heterocycles. The number of nitrogens with one attached hydrogen (secondary N) is 1. The van der Waals surface area contributed by atoms with E-state index in [2.05, 4.69) is 26.5 Å². The summed E-state index contributed by atoms with van der Waals surface area (Å²) in [5.41, 5.74) is 2.69. The topological polar surface area (TPSA) is 105 Å². The molecular formula is C15H11BrClN3O4. The summed E-state index contributed by atoms with van der Waals surface area (Å²) >= 11 is 8.87. The summed E-state index contributed by atoms with van der Waals surface area (Å²) in [7, 11) is 0. The first-order valence-electron chi connectivity index (χ1n) is 6.60. The van der Waals surface area contributed by atoms with Crippen LogP contribution in [0.15, 0.2) is 46.0 Å². The van der Waals surface area contributed by atoms with Crippen molar-refractivity contribution in [3.05, 3.63) is 67.1 Å². The Balaban J connectivity index is 2.05. The normalized spacial score (nSPS) is 10.8. The maximum Gasteiger partial charge on any atom is 0.312 e. The van der Waals surface area contributed by atoms with Crippen LogP contribution in [0.5, 0.6) is 5.75 Å². The van der Waals surface area contributed by atoms with E-state index in [1.54, 1.807) is 24.3 Å². The highest BCUT2D eigenvalue weighted by molar-refractivity contribution is 9.10. The lowest BCUT2D eigenvalue weighted by molar-refractivity contribution is -0.385. The van der Waals surface area contributed by atoms with Gasteiger partial charge in [0.1, 0.15) is 0 Å². The second kappa shape index (κ2) is 7.89. The van der Waals surface area contributed by atoms with Gasteiger partial charge in [0.2, 0.25) is 11.7 Å². The van der Waals surface area contributed by atoms with E-state index in [0.29, 0.717) is 9.50 Å². The number of rotatable bonds is 5. The summed E-state index contributed by atoms with van der Waals surface area (Å²) in [5.74, 6) is -0.906. The van der Waals surface area contributed by atoms with Crippen molar-refractivity contribution in [2.45, 2.75) is 6.42 Å². The molecule has 2 aromatic rings. The molecule has 0 atom stereocenters. The van der Waals surface area contributed by atoms with Crippen molar-refractivity contribution >= 4 is 45.3 Å². The average Bonchev–Trinajstić information content (AvgIpc) is 2.52. The summed E-state index contributed by atoms with van der Waals surface area (Å²) in [6.45, 7) is 0. The summed E-state index contributed by atoms with van der Waals surface area (Å²) < 4.78 is 0.404. The van der Waals surface area contributed by atoms with Crippen LogP contribution in [0.1, 0.15) is 11.1 Å².